The second-order valence-electron chi connectivity index (χ2n) is 5.25. The van der Waals surface area contributed by atoms with Gasteiger partial charge in [-0.2, -0.15) is 0 Å². The molecule has 1 aromatic carbocycles. The van der Waals surface area contributed by atoms with Crippen LogP contribution >= 0.6 is 15.9 Å². The molecule has 1 amide bonds. The van der Waals surface area contributed by atoms with Crippen LogP contribution in [0.4, 0.5) is 14.9 Å². The molecule has 0 atom stereocenters. The van der Waals surface area contributed by atoms with Crippen molar-refractivity contribution in [2.45, 2.75) is 32.8 Å². The van der Waals surface area contributed by atoms with E-state index in [-0.39, 0.29) is 0 Å². The summed E-state index contributed by atoms with van der Waals surface area (Å²) < 4.78 is 19.7. The van der Waals surface area contributed by atoms with Crippen molar-refractivity contribution >= 4 is 27.7 Å². The van der Waals surface area contributed by atoms with Crippen molar-refractivity contribution in [3.05, 3.63) is 28.0 Å². The predicted molar refractivity (Wildman–Crippen MR) is 71.4 cm³/mol. The van der Waals surface area contributed by atoms with Gasteiger partial charge in [0.1, 0.15) is 5.60 Å². The van der Waals surface area contributed by atoms with Crippen LogP contribution in [0.1, 0.15) is 26.3 Å². The van der Waals surface area contributed by atoms with E-state index < -0.39 is 17.5 Å². The Morgan fingerprint density at radius 2 is 2.11 bits per heavy atom. The number of benzene rings is 1. The third kappa shape index (κ3) is 2.51. The van der Waals surface area contributed by atoms with Crippen LogP contribution < -0.4 is 4.90 Å². The predicted octanol–water partition coefficient (Wildman–Crippen LogP) is 3.89. The fraction of sp³-hybridized carbons (Fsp3) is 0.462. The van der Waals surface area contributed by atoms with E-state index in [0.29, 0.717) is 23.1 Å². The van der Waals surface area contributed by atoms with Crippen LogP contribution in [0.2, 0.25) is 0 Å². The van der Waals surface area contributed by atoms with E-state index in [0.717, 1.165) is 5.56 Å². The lowest BCUT2D eigenvalue weighted by Crippen LogP contribution is -2.36. The highest BCUT2D eigenvalue weighted by Crippen LogP contribution is 2.35. The number of fused-ring (bicyclic) bond motifs is 1. The molecule has 2 rings (SSSR count). The van der Waals surface area contributed by atoms with Crippen LogP contribution in [0.15, 0.2) is 16.6 Å². The largest absolute Gasteiger partial charge is 0.443 e. The normalized spacial score (nSPS) is 14.6. The lowest BCUT2D eigenvalue weighted by Gasteiger charge is -2.25. The fourth-order valence-corrected chi connectivity index (χ4v) is 2.24. The summed E-state index contributed by atoms with van der Waals surface area (Å²) in [5.41, 5.74) is 0.586. The van der Waals surface area contributed by atoms with E-state index in [1.807, 2.05) is 6.07 Å². The standard InChI is InChI=1S/C13H15BrFNO2/c1-13(2,3)18-12(17)16-7-6-8-4-5-9(14)10(15)11(8)16/h4-5H,6-7H2,1-3H3. The fourth-order valence-electron chi connectivity index (χ4n) is 1.92. The van der Waals surface area contributed by atoms with Gasteiger partial charge >= 0.3 is 6.09 Å². The molecule has 0 fully saturated rings. The molecule has 0 radical (unpaired) electrons. The van der Waals surface area contributed by atoms with E-state index in [1.165, 1.54) is 4.90 Å². The Kier molecular flexibility index (Phi) is 3.36. The van der Waals surface area contributed by atoms with Crippen molar-refractivity contribution in [2.75, 3.05) is 11.4 Å². The highest BCUT2D eigenvalue weighted by Gasteiger charge is 2.32. The van der Waals surface area contributed by atoms with Gasteiger partial charge in [0.15, 0.2) is 5.82 Å². The molecule has 0 aliphatic carbocycles. The molecule has 98 valence electrons. The number of amides is 1. The molecule has 1 aromatic rings. The van der Waals surface area contributed by atoms with Crippen LogP contribution in [-0.4, -0.2) is 18.2 Å². The van der Waals surface area contributed by atoms with Gasteiger partial charge < -0.3 is 4.74 Å². The van der Waals surface area contributed by atoms with E-state index >= 15 is 0 Å². The van der Waals surface area contributed by atoms with Gasteiger partial charge in [0.2, 0.25) is 0 Å². The second-order valence-corrected chi connectivity index (χ2v) is 6.11. The molecule has 5 heteroatoms. The molecule has 0 unspecified atom stereocenters. The molecule has 0 spiro atoms. The van der Waals surface area contributed by atoms with Gasteiger partial charge in [-0.1, -0.05) is 6.07 Å². The zero-order valence-corrected chi connectivity index (χ0v) is 12.2. The maximum Gasteiger partial charge on any atom is 0.414 e. The maximum absolute atomic E-state index is 14.0. The van der Waals surface area contributed by atoms with Crippen molar-refractivity contribution in [3.63, 3.8) is 0 Å². The second kappa shape index (κ2) is 4.53. The summed E-state index contributed by atoms with van der Waals surface area (Å²) in [4.78, 5) is 13.4. The molecule has 3 nitrogen and oxygen atoms in total. The monoisotopic (exact) mass is 315 g/mol. The Balaban J connectivity index is 2.31. The van der Waals surface area contributed by atoms with Crippen molar-refractivity contribution < 1.29 is 13.9 Å². The third-order valence-corrected chi connectivity index (χ3v) is 3.25. The van der Waals surface area contributed by atoms with Crippen molar-refractivity contribution in [1.29, 1.82) is 0 Å². The number of rotatable bonds is 0. The van der Waals surface area contributed by atoms with Crippen molar-refractivity contribution in [3.8, 4) is 0 Å². The van der Waals surface area contributed by atoms with Gasteiger partial charge in [0.25, 0.3) is 0 Å². The molecule has 0 aromatic heterocycles. The van der Waals surface area contributed by atoms with Crippen molar-refractivity contribution in [2.24, 2.45) is 0 Å². The number of hydrogen-bond acceptors (Lipinski definition) is 2. The summed E-state index contributed by atoms with van der Waals surface area (Å²) in [6.07, 6.45) is 0.150. The first-order valence-corrected chi connectivity index (χ1v) is 6.56. The molecule has 0 N–H and O–H groups in total. The molecule has 1 aliphatic rings. The zero-order valence-electron chi connectivity index (χ0n) is 10.6. The summed E-state index contributed by atoms with van der Waals surface area (Å²) >= 11 is 3.13. The van der Waals surface area contributed by atoms with Crippen LogP contribution in [0.5, 0.6) is 0 Å². The summed E-state index contributed by atoms with van der Waals surface area (Å²) in [5.74, 6) is -0.407. The first-order valence-electron chi connectivity index (χ1n) is 5.77. The summed E-state index contributed by atoms with van der Waals surface area (Å²) in [5, 5.41) is 0. The lowest BCUT2D eigenvalue weighted by molar-refractivity contribution is 0.0583. The van der Waals surface area contributed by atoms with E-state index in [2.05, 4.69) is 15.9 Å². The maximum atomic E-state index is 14.0. The van der Waals surface area contributed by atoms with Gasteiger partial charge in [-0.25, -0.2) is 9.18 Å². The molecule has 18 heavy (non-hydrogen) atoms. The zero-order chi connectivity index (χ0) is 13.5. The van der Waals surface area contributed by atoms with Crippen LogP contribution in [0, 0.1) is 5.82 Å². The lowest BCUT2D eigenvalue weighted by atomic mass is 10.1. The van der Waals surface area contributed by atoms with Crippen LogP contribution in [0.3, 0.4) is 0 Å². The van der Waals surface area contributed by atoms with Gasteiger partial charge in [-0.3, -0.25) is 4.90 Å². The molecule has 1 aliphatic heterocycles. The minimum atomic E-state index is -0.581. The van der Waals surface area contributed by atoms with E-state index in [4.69, 9.17) is 4.74 Å². The Bertz CT molecular complexity index is 496. The quantitative estimate of drug-likeness (QED) is 0.727. The minimum Gasteiger partial charge on any atom is -0.443 e. The topological polar surface area (TPSA) is 29.5 Å². The first-order chi connectivity index (χ1) is 8.29. The number of halogens is 2. The van der Waals surface area contributed by atoms with Crippen molar-refractivity contribution in [1.82, 2.24) is 0 Å². The Morgan fingerprint density at radius 3 is 2.72 bits per heavy atom. The molecular weight excluding hydrogens is 301 g/mol. The highest BCUT2D eigenvalue weighted by atomic mass is 79.9. The summed E-state index contributed by atoms with van der Waals surface area (Å²) in [6, 6.07) is 3.49. The number of carbonyl (C=O) groups is 1. The molecule has 1 heterocycles. The summed E-state index contributed by atoms with van der Waals surface area (Å²) in [7, 11) is 0. The molecular formula is C13H15BrFNO2. The minimum absolute atomic E-state index is 0.332. The first kappa shape index (κ1) is 13.3. The number of anilines is 1. The number of ether oxygens (including phenoxy) is 1. The van der Waals surface area contributed by atoms with E-state index in [1.54, 1.807) is 26.8 Å². The third-order valence-electron chi connectivity index (χ3n) is 2.64. The highest BCUT2D eigenvalue weighted by molar-refractivity contribution is 9.10. The van der Waals surface area contributed by atoms with Crippen LogP contribution in [-0.2, 0) is 11.2 Å². The SMILES string of the molecule is CC(C)(C)OC(=O)N1CCc2ccc(Br)c(F)c21. The number of carbonyl (C=O) groups excluding carboxylic acids is 1. The molecule has 0 saturated carbocycles. The Labute approximate surface area is 114 Å². The average molecular weight is 316 g/mol. The average Bonchev–Trinajstić information content (AvgIpc) is 2.65. The van der Waals surface area contributed by atoms with Gasteiger partial charge in [0, 0.05) is 6.54 Å². The van der Waals surface area contributed by atoms with E-state index in [9.17, 15) is 9.18 Å². The molecule has 0 bridgehead atoms. The van der Waals surface area contributed by atoms with Gasteiger partial charge in [-0.05, 0) is 54.8 Å². The summed E-state index contributed by atoms with van der Waals surface area (Å²) in [6.45, 7) is 5.83. The Hall–Kier alpha value is -1.10. The smallest absolute Gasteiger partial charge is 0.414 e. The Morgan fingerprint density at radius 1 is 1.44 bits per heavy atom. The van der Waals surface area contributed by atoms with Gasteiger partial charge in [0.05, 0.1) is 10.2 Å². The van der Waals surface area contributed by atoms with Crippen LogP contribution in [0.25, 0.3) is 0 Å². The van der Waals surface area contributed by atoms with Gasteiger partial charge in [-0.15, -0.1) is 0 Å². The number of nitrogens with zero attached hydrogens (tertiary/aromatic N) is 1. The number of hydrogen-bond donors (Lipinski definition) is 0. The molecule has 0 saturated heterocycles.